The topological polar surface area (TPSA) is 118 Å². The van der Waals surface area contributed by atoms with Crippen LogP contribution in [0, 0.1) is 20.8 Å². The third-order valence-electron chi connectivity index (χ3n) is 6.33. The molecule has 0 saturated carbocycles. The number of furan rings is 1. The number of benzene rings is 3. The third-order valence-corrected chi connectivity index (χ3v) is 6.33. The standard InChI is InChI=1S/C31H27N3O5/c1-18-4-8-22(9-5-18)26-12-13-27(38-26)29(35)32-25(31(36)37)17-21-14-20(3)15-24(16-21)28-33-30(39-34-28)23-10-6-19(2)7-11-23/h4-16,25H,17H2,1-3H3,(H,32,35)(H,36,37)/t25-/m1/s1. The van der Waals surface area contributed by atoms with Crippen LogP contribution in [-0.4, -0.2) is 33.2 Å². The summed E-state index contributed by atoms with van der Waals surface area (Å²) in [5.74, 6) is -0.400. The van der Waals surface area contributed by atoms with E-state index in [1.807, 2.05) is 81.4 Å². The fraction of sp³-hybridized carbons (Fsp3) is 0.161. The molecule has 8 heteroatoms. The summed E-state index contributed by atoms with van der Waals surface area (Å²) in [6.45, 7) is 5.89. The number of carbonyl (C=O) groups excluding carboxylic acids is 1. The molecule has 39 heavy (non-hydrogen) atoms. The molecular formula is C31H27N3O5. The summed E-state index contributed by atoms with van der Waals surface area (Å²) in [6.07, 6.45) is 0.0595. The zero-order valence-corrected chi connectivity index (χ0v) is 21.8. The quantitative estimate of drug-likeness (QED) is 0.256. The van der Waals surface area contributed by atoms with E-state index in [1.54, 1.807) is 12.1 Å². The van der Waals surface area contributed by atoms with Crippen molar-refractivity contribution in [2.45, 2.75) is 33.2 Å². The predicted octanol–water partition coefficient (Wildman–Crippen LogP) is 6.01. The highest BCUT2D eigenvalue weighted by Crippen LogP contribution is 2.26. The van der Waals surface area contributed by atoms with Gasteiger partial charge in [0.05, 0.1) is 0 Å². The number of nitrogens with zero attached hydrogens (tertiary/aromatic N) is 2. The van der Waals surface area contributed by atoms with Gasteiger partial charge in [-0.25, -0.2) is 4.79 Å². The van der Waals surface area contributed by atoms with E-state index in [-0.39, 0.29) is 12.2 Å². The minimum Gasteiger partial charge on any atom is -0.480 e. The van der Waals surface area contributed by atoms with E-state index in [2.05, 4.69) is 15.5 Å². The summed E-state index contributed by atoms with van der Waals surface area (Å²) in [6, 6.07) is 23.1. The number of aryl methyl sites for hydroxylation is 3. The number of nitrogens with one attached hydrogen (secondary N) is 1. The Kier molecular flexibility index (Phi) is 7.10. The van der Waals surface area contributed by atoms with E-state index in [1.165, 1.54) is 6.07 Å². The molecule has 0 radical (unpaired) electrons. The van der Waals surface area contributed by atoms with Crippen LogP contribution in [0.5, 0.6) is 0 Å². The van der Waals surface area contributed by atoms with Gasteiger partial charge < -0.3 is 19.4 Å². The molecule has 5 rings (SSSR count). The van der Waals surface area contributed by atoms with Crippen LogP contribution in [0.1, 0.15) is 32.8 Å². The molecule has 1 amide bonds. The van der Waals surface area contributed by atoms with E-state index in [9.17, 15) is 14.7 Å². The maximum absolute atomic E-state index is 12.9. The average Bonchev–Trinajstić information content (AvgIpc) is 3.60. The molecule has 0 aliphatic carbocycles. The Morgan fingerprint density at radius 3 is 2.15 bits per heavy atom. The first kappa shape index (κ1) is 25.7. The summed E-state index contributed by atoms with van der Waals surface area (Å²) >= 11 is 0. The SMILES string of the molecule is Cc1ccc(-c2ccc(C(=O)N[C@H](Cc3cc(C)cc(-c4noc(-c5ccc(C)cc5)n4)c3)C(=O)O)o2)cc1. The minimum absolute atomic E-state index is 0.0391. The fourth-order valence-corrected chi connectivity index (χ4v) is 4.26. The molecule has 0 aliphatic rings. The van der Waals surface area contributed by atoms with Gasteiger partial charge in [-0.3, -0.25) is 4.79 Å². The smallest absolute Gasteiger partial charge is 0.326 e. The summed E-state index contributed by atoms with van der Waals surface area (Å²) in [5, 5.41) is 16.6. The molecule has 2 heterocycles. The van der Waals surface area contributed by atoms with Gasteiger partial charge in [-0.1, -0.05) is 64.3 Å². The monoisotopic (exact) mass is 521 g/mol. The second kappa shape index (κ2) is 10.8. The molecule has 0 aliphatic heterocycles. The molecule has 0 spiro atoms. The number of carbonyl (C=O) groups is 2. The van der Waals surface area contributed by atoms with E-state index in [4.69, 9.17) is 8.94 Å². The van der Waals surface area contributed by atoms with Crippen LogP contribution in [0.15, 0.2) is 87.8 Å². The number of carboxylic acids is 1. The van der Waals surface area contributed by atoms with Crippen LogP contribution < -0.4 is 5.32 Å². The molecule has 0 unspecified atom stereocenters. The summed E-state index contributed by atoms with van der Waals surface area (Å²) in [5.41, 5.74) is 6.17. The zero-order valence-electron chi connectivity index (χ0n) is 21.8. The van der Waals surface area contributed by atoms with Crippen molar-refractivity contribution in [3.05, 3.63) is 107 Å². The fourth-order valence-electron chi connectivity index (χ4n) is 4.26. The number of carboxylic acid groups (broad SMARTS) is 1. The van der Waals surface area contributed by atoms with E-state index >= 15 is 0 Å². The van der Waals surface area contributed by atoms with Crippen LogP contribution in [-0.2, 0) is 11.2 Å². The number of aromatic nitrogens is 2. The van der Waals surface area contributed by atoms with Gasteiger partial charge in [0.2, 0.25) is 5.82 Å². The minimum atomic E-state index is -1.17. The molecule has 0 fully saturated rings. The molecule has 5 aromatic rings. The predicted molar refractivity (Wildman–Crippen MR) is 146 cm³/mol. The Balaban J connectivity index is 1.32. The van der Waals surface area contributed by atoms with Crippen molar-refractivity contribution in [2.75, 3.05) is 0 Å². The lowest BCUT2D eigenvalue weighted by molar-refractivity contribution is -0.139. The highest BCUT2D eigenvalue weighted by Gasteiger charge is 2.24. The highest BCUT2D eigenvalue weighted by molar-refractivity contribution is 5.94. The first-order valence-corrected chi connectivity index (χ1v) is 12.5. The van der Waals surface area contributed by atoms with E-state index in [0.29, 0.717) is 28.6 Å². The number of amides is 1. The second-order valence-electron chi connectivity index (χ2n) is 9.59. The lowest BCUT2D eigenvalue weighted by atomic mass is 10.00. The molecular weight excluding hydrogens is 494 g/mol. The number of rotatable bonds is 8. The van der Waals surface area contributed by atoms with Crippen molar-refractivity contribution in [1.82, 2.24) is 15.5 Å². The molecule has 196 valence electrons. The Morgan fingerprint density at radius 1 is 0.821 bits per heavy atom. The van der Waals surface area contributed by atoms with Crippen molar-refractivity contribution in [3.63, 3.8) is 0 Å². The number of aliphatic carboxylic acids is 1. The van der Waals surface area contributed by atoms with Crippen LogP contribution in [0.3, 0.4) is 0 Å². The van der Waals surface area contributed by atoms with Gasteiger partial charge >= 0.3 is 5.97 Å². The van der Waals surface area contributed by atoms with Crippen molar-refractivity contribution in [3.8, 4) is 34.2 Å². The largest absolute Gasteiger partial charge is 0.480 e. The first-order valence-electron chi connectivity index (χ1n) is 12.5. The van der Waals surface area contributed by atoms with E-state index in [0.717, 1.165) is 27.8 Å². The second-order valence-corrected chi connectivity index (χ2v) is 9.59. The lowest BCUT2D eigenvalue weighted by Crippen LogP contribution is -2.42. The Labute approximate surface area is 225 Å². The summed E-state index contributed by atoms with van der Waals surface area (Å²) in [4.78, 5) is 29.5. The van der Waals surface area contributed by atoms with Gasteiger partial charge in [-0.15, -0.1) is 0 Å². The van der Waals surface area contributed by atoms with Crippen LogP contribution >= 0.6 is 0 Å². The van der Waals surface area contributed by atoms with Gasteiger partial charge in [0.1, 0.15) is 11.8 Å². The van der Waals surface area contributed by atoms with Gasteiger partial charge in [0.25, 0.3) is 11.8 Å². The van der Waals surface area contributed by atoms with Crippen LogP contribution in [0.2, 0.25) is 0 Å². The maximum atomic E-state index is 12.9. The third kappa shape index (κ3) is 5.96. The lowest BCUT2D eigenvalue weighted by Gasteiger charge is -2.15. The van der Waals surface area contributed by atoms with Gasteiger partial charge in [0.15, 0.2) is 5.76 Å². The maximum Gasteiger partial charge on any atom is 0.326 e. The summed E-state index contributed by atoms with van der Waals surface area (Å²) in [7, 11) is 0. The number of hydrogen-bond acceptors (Lipinski definition) is 6. The molecule has 3 aromatic carbocycles. The first-order chi connectivity index (χ1) is 18.7. The van der Waals surface area contributed by atoms with Gasteiger partial charge in [-0.05, 0) is 62.7 Å². The Morgan fingerprint density at radius 2 is 1.49 bits per heavy atom. The number of hydrogen-bond donors (Lipinski definition) is 2. The summed E-state index contributed by atoms with van der Waals surface area (Å²) < 4.78 is 11.2. The van der Waals surface area contributed by atoms with Gasteiger partial charge in [-0.2, -0.15) is 4.98 Å². The van der Waals surface area contributed by atoms with E-state index < -0.39 is 17.9 Å². The Hall–Kier alpha value is -4.98. The Bertz CT molecular complexity index is 1630. The van der Waals surface area contributed by atoms with Crippen molar-refractivity contribution < 1.29 is 23.6 Å². The van der Waals surface area contributed by atoms with Crippen molar-refractivity contribution in [2.24, 2.45) is 0 Å². The van der Waals surface area contributed by atoms with Gasteiger partial charge in [0, 0.05) is 23.1 Å². The molecule has 0 bridgehead atoms. The molecule has 0 saturated heterocycles. The zero-order chi connectivity index (χ0) is 27.5. The van der Waals surface area contributed by atoms with Crippen molar-refractivity contribution in [1.29, 1.82) is 0 Å². The average molecular weight is 522 g/mol. The van der Waals surface area contributed by atoms with Crippen LogP contribution in [0.4, 0.5) is 0 Å². The molecule has 1 atom stereocenters. The van der Waals surface area contributed by atoms with Crippen LogP contribution in [0.25, 0.3) is 34.2 Å². The normalized spacial score (nSPS) is 11.8. The highest BCUT2D eigenvalue weighted by atomic mass is 16.5. The molecule has 8 nitrogen and oxygen atoms in total. The molecule has 2 N–H and O–H groups in total. The molecule has 2 aromatic heterocycles. The van der Waals surface area contributed by atoms with Crippen molar-refractivity contribution >= 4 is 11.9 Å².